The van der Waals surface area contributed by atoms with Gasteiger partial charge in [-0.25, -0.2) is 0 Å². The van der Waals surface area contributed by atoms with Gasteiger partial charge in [-0.15, -0.1) is 0 Å². The molecule has 0 bridgehead atoms. The monoisotopic (exact) mass is 361 g/mol. The van der Waals surface area contributed by atoms with Gasteiger partial charge in [0.2, 0.25) is 5.91 Å². The summed E-state index contributed by atoms with van der Waals surface area (Å²) in [7, 11) is 0. The average molecular weight is 361 g/mol. The van der Waals surface area contributed by atoms with Gasteiger partial charge < -0.3 is 10.2 Å². The van der Waals surface area contributed by atoms with Crippen molar-refractivity contribution in [3.05, 3.63) is 65.4 Å². The molecule has 140 valence electrons. The van der Waals surface area contributed by atoms with E-state index in [1.54, 1.807) is 0 Å². The Kier molecular flexibility index (Phi) is 5.45. The number of carbonyl (C=O) groups excluding carboxylic acids is 1. The lowest BCUT2D eigenvalue weighted by atomic mass is 10.1. The number of hydrogen-bond donors (Lipinski definition) is 1. The normalized spacial score (nSPS) is 11.0. The van der Waals surface area contributed by atoms with Crippen LogP contribution in [0.4, 0.5) is 11.4 Å². The summed E-state index contributed by atoms with van der Waals surface area (Å²) >= 11 is 0. The molecule has 0 atom stereocenters. The molecule has 4 heteroatoms. The van der Waals surface area contributed by atoms with Crippen molar-refractivity contribution < 1.29 is 4.79 Å². The summed E-state index contributed by atoms with van der Waals surface area (Å²) in [4.78, 5) is 19.5. The van der Waals surface area contributed by atoms with Crippen molar-refractivity contribution >= 4 is 28.2 Å². The largest absolute Gasteiger partial charge is 0.375 e. The Morgan fingerprint density at radius 2 is 1.67 bits per heavy atom. The van der Waals surface area contributed by atoms with Crippen molar-refractivity contribution in [2.75, 3.05) is 16.8 Å². The van der Waals surface area contributed by atoms with Gasteiger partial charge in [0, 0.05) is 29.0 Å². The average Bonchev–Trinajstić information content (AvgIpc) is 2.63. The first-order valence-electron chi connectivity index (χ1n) is 9.36. The Morgan fingerprint density at radius 3 is 2.33 bits per heavy atom. The van der Waals surface area contributed by atoms with Gasteiger partial charge in [-0.1, -0.05) is 36.4 Å². The van der Waals surface area contributed by atoms with Gasteiger partial charge in [0.15, 0.2) is 0 Å². The highest BCUT2D eigenvalue weighted by molar-refractivity contribution is 6.00. The molecule has 2 aromatic carbocycles. The molecule has 1 heterocycles. The van der Waals surface area contributed by atoms with Gasteiger partial charge in [-0.2, -0.15) is 0 Å². The number of amides is 1. The molecule has 0 aliphatic heterocycles. The molecule has 0 unspecified atom stereocenters. The number of aromatic nitrogens is 1. The molecule has 0 saturated heterocycles. The van der Waals surface area contributed by atoms with E-state index in [0.717, 1.165) is 39.0 Å². The van der Waals surface area contributed by atoms with Crippen LogP contribution in [0.1, 0.15) is 30.5 Å². The second-order valence-electron chi connectivity index (χ2n) is 7.28. The van der Waals surface area contributed by atoms with Crippen LogP contribution in [-0.4, -0.2) is 23.5 Å². The molecule has 3 aromatic rings. The van der Waals surface area contributed by atoms with E-state index in [9.17, 15) is 4.79 Å². The predicted octanol–water partition coefficient (Wildman–Crippen LogP) is 5.01. The number of nitrogens with one attached hydrogen (secondary N) is 1. The summed E-state index contributed by atoms with van der Waals surface area (Å²) in [5.74, 6) is 0.0580. The molecule has 0 spiro atoms. The topological polar surface area (TPSA) is 45.2 Å². The summed E-state index contributed by atoms with van der Waals surface area (Å²) in [6.07, 6.45) is 1.85. The minimum Gasteiger partial charge on any atom is -0.375 e. The van der Waals surface area contributed by atoms with Gasteiger partial charge in [-0.3, -0.25) is 9.78 Å². The van der Waals surface area contributed by atoms with Gasteiger partial charge in [0.05, 0.1) is 12.1 Å². The lowest BCUT2D eigenvalue weighted by molar-refractivity contribution is -0.117. The van der Waals surface area contributed by atoms with Crippen molar-refractivity contribution in [2.24, 2.45) is 0 Å². The zero-order valence-electron chi connectivity index (χ0n) is 16.7. The van der Waals surface area contributed by atoms with Crippen LogP contribution in [0.25, 0.3) is 10.9 Å². The molecule has 1 amide bonds. The quantitative estimate of drug-likeness (QED) is 0.694. The maximum absolute atomic E-state index is 13.2. The zero-order valence-corrected chi connectivity index (χ0v) is 16.7. The SMILES string of the molecule is Cc1cccc(C)c1N(C(=O)CNc1c(C)cnc2ccccc12)C(C)C. The smallest absolute Gasteiger partial charge is 0.246 e. The van der Waals surface area contributed by atoms with Crippen LogP contribution in [-0.2, 0) is 4.79 Å². The number of nitrogens with zero attached hydrogens (tertiary/aromatic N) is 2. The highest BCUT2D eigenvalue weighted by Crippen LogP contribution is 2.28. The van der Waals surface area contributed by atoms with Crippen LogP contribution >= 0.6 is 0 Å². The molecule has 0 saturated carbocycles. The second kappa shape index (κ2) is 7.78. The van der Waals surface area contributed by atoms with Crippen molar-refractivity contribution in [2.45, 2.75) is 40.7 Å². The van der Waals surface area contributed by atoms with Crippen molar-refractivity contribution in [1.82, 2.24) is 4.98 Å². The molecule has 1 N–H and O–H groups in total. The highest BCUT2D eigenvalue weighted by atomic mass is 16.2. The van der Waals surface area contributed by atoms with E-state index in [1.807, 2.05) is 48.4 Å². The molecule has 0 aliphatic carbocycles. The van der Waals surface area contributed by atoms with Gasteiger partial charge in [0.25, 0.3) is 0 Å². The van der Waals surface area contributed by atoms with Crippen LogP contribution in [0.2, 0.25) is 0 Å². The maximum Gasteiger partial charge on any atom is 0.246 e. The van der Waals surface area contributed by atoms with Gasteiger partial charge in [0.1, 0.15) is 0 Å². The van der Waals surface area contributed by atoms with Crippen molar-refractivity contribution in [3.8, 4) is 0 Å². The number of hydrogen-bond acceptors (Lipinski definition) is 3. The highest BCUT2D eigenvalue weighted by Gasteiger charge is 2.22. The van der Waals surface area contributed by atoms with Crippen molar-refractivity contribution in [3.63, 3.8) is 0 Å². The Balaban J connectivity index is 1.89. The van der Waals surface area contributed by atoms with E-state index in [2.05, 4.69) is 50.1 Å². The summed E-state index contributed by atoms with van der Waals surface area (Å²) in [6, 6.07) is 14.2. The van der Waals surface area contributed by atoms with Crippen LogP contribution in [0.15, 0.2) is 48.7 Å². The van der Waals surface area contributed by atoms with E-state index < -0.39 is 0 Å². The number of fused-ring (bicyclic) bond motifs is 1. The van der Waals surface area contributed by atoms with Gasteiger partial charge in [-0.05, 0) is 57.4 Å². The Hall–Kier alpha value is -2.88. The third-order valence-electron chi connectivity index (χ3n) is 4.85. The fourth-order valence-corrected chi connectivity index (χ4v) is 3.58. The number of benzene rings is 2. The summed E-state index contributed by atoms with van der Waals surface area (Å²) in [6.45, 7) is 10.5. The Labute approximate surface area is 161 Å². The third-order valence-corrected chi connectivity index (χ3v) is 4.85. The van der Waals surface area contributed by atoms with Crippen LogP contribution in [0.3, 0.4) is 0 Å². The maximum atomic E-state index is 13.2. The number of aryl methyl sites for hydroxylation is 3. The Bertz CT molecular complexity index is 958. The first-order valence-corrected chi connectivity index (χ1v) is 9.36. The number of para-hydroxylation sites is 2. The zero-order chi connectivity index (χ0) is 19.6. The van der Waals surface area contributed by atoms with Gasteiger partial charge >= 0.3 is 0 Å². The van der Waals surface area contributed by atoms with Crippen LogP contribution in [0.5, 0.6) is 0 Å². The second-order valence-corrected chi connectivity index (χ2v) is 7.28. The Morgan fingerprint density at radius 1 is 1.00 bits per heavy atom. The first kappa shape index (κ1) is 18.9. The number of pyridine rings is 1. The van der Waals surface area contributed by atoms with E-state index in [-0.39, 0.29) is 18.5 Å². The minimum atomic E-state index is 0.0580. The van der Waals surface area contributed by atoms with Crippen molar-refractivity contribution in [1.29, 1.82) is 0 Å². The molecule has 1 aromatic heterocycles. The molecule has 0 fully saturated rings. The lowest BCUT2D eigenvalue weighted by Crippen LogP contribution is -2.41. The number of rotatable bonds is 5. The fourth-order valence-electron chi connectivity index (χ4n) is 3.58. The molecule has 0 radical (unpaired) electrons. The van der Waals surface area contributed by atoms with E-state index in [1.165, 1.54) is 0 Å². The molecule has 4 nitrogen and oxygen atoms in total. The first-order chi connectivity index (χ1) is 12.9. The number of carbonyl (C=O) groups is 1. The minimum absolute atomic E-state index is 0.0580. The summed E-state index contributed by atoms with van der Waals surface area (Å²) in [5, 5.41) is 4.40. The molecule has 27 heavy (non-hydrogen) atoms. The van der Waals surface area contributed by atoms with E-state index in [0.29, 0.717) is 0 Å². The van der Waals surface area contributed by atoms with Crippen LogP contribution < -0.4 is 10.2 Å². The van der Waals surface area contributed by atoms with Crippen LogP contribution in [0, 0.1) is 20.8 Å². The molecular weight excluding hydrogens is 334 g/mol. The summed E-state index contributed by atoms with van der Waals surface area (Å²) in [5.41, 5.74) is 6.16. The fraction of sp³-hybridized carbons (Fsp3) is 0.304. The standard InChI is InChI=1S/C23H27N3O/c1-15(2)26(23-16(3)9-8-10-17(23)4)21(27)14-25-22-18(5)13-24-20-12-7-6-11-19(20)22/h6-13,15H,14H2,1-5H3,(H,24,25). The third kappa shape index (κ3) is 3.80. The lowest BCUT2D eigenvalue weighted by Gasteiger charge is -2.30. The molecule has 3 rings (SSSR count). The molecule has 0 aliphatic rings. The predicted molar refractivity (Wildman–Crippen MR) is 114 cm³/mol. The number of anilines is 2. The molecular formula is C23H27N3O. The van der Waals surface area contributed by atoms with E-state index in [4.69, 9.17) is 0 Å². The summed E-state index contributed by atoms with van der Waals surface area (Å²) < 4.78 is 0. The van der Waals surface area contributed by atoms with E-state index >= 15 is 0 Å².